The summed E-state index contributed by atoms with van der Waals surface area (Å²) < 4.78 is 5.89. The van der Waals surface area contributed by atoms with E-state index in [1.807, 2.05) is 23.1 Å². The zero-order chi connectivity index (χ0) is 15.4. The van der Waals surface area contributed by atoms with E-state index >= 15 is 0 Å². The predicted molar refractivity (Wildman–Crippen MR) is 84.9 cm³/mol. The summed E-state index contributed by atoms with van der Waals surface area (Å²) in [4.78, 5) is 18.3. The molecule has 0 saturated carbocycles. The second kappa shape index (κ2) is 6.90. The predicted octanol–water partition coefficient (Wildman–Crippen LogP) is 3.34. The van der Waals surface area contributed by atoms with Crippen LogP contribution < -0.4 is 0 Å². The van der Waals surface area contributed by atoms with Gasteiger partial charge in [0.25, 0.3) is 5.91 Å². The molecule has 2 aromatic rings. The number of carbonyl (C=O) groups excluding carboxylic acids is 1. The third-order valence-corrected chi connectivity index (χ3v) is 4.00. The average Bonchev–Trinajstić information content (AvgIpc) is 2.82. The molecule has 1 atom stereocenters. The first-order valence-electron chi connectivity index (χ1n) is 7.31. The van der Waals surface area contributed by atoms with Gasteiger partial charge in [-0.1, -0.05) is 41.9 Å². The molecule has 0 N–H and O–H groups in total. The zero-order valence-corrected chi connectivity index (χ0v) is 12.9. The number of ether oxygens (including phenoxy) is 1. The van der Waals surface area contributed by atoms with Crippen molar-refractivity contribution in [2.24, 2.45) is 0 Å². The Morgan fingerprint density at radius 3 is 2.73 bits per heavy atom. The van der Waals surface area contributed by atoms with Crippen molar-refractivity contribution in [1.29, 1.82) is 0 Å². The SMILES string of the molecule is O=C(c1ccc(Cl)nc1)N1CCOC(c2ccccc2)CC1. The Balaban J connectivity index is 1.67. The molecular weight excluding hydrogens is 300 g/mol. The van der Waals surface area contributed by atoms with Gasteiger partial charge in [0.15, 0.2) is 0 Å². The molecule has 1 amide bonds. The third-order valence-electron chi connectivity index (χ3n) is 3.77. The lowest BCUT2D eigenvalue weighted by Crippen LogP contribution is -2.33. The van der Waals surface area contributed by atoms with E-state index in [9.17, 15) is 4.79 Å². The van der Waals surface area contributed by atoms with Gasteiger partial charge >= 0.3 is 0 Å². The Hall–Kier alpha value is -1.91. The van der Waals surface area contributed by atoms with E-state index in [2.05, 4.69) is 17.1 Å². The molecule has 1 saturated heterocycles. The number of carbonyl (C=O) groups is 1. The minimum absolute atomic E-state index is 0.0264. The molecule has 5 heteroatoms. The topological polar surface area (TPSA) is 42.4 Å². The summed E-state index contributed by atoms with van der Waals surface area (Å²) in [6.07, 6.45) is 2.35. The Morgan fingerprint density at radius 2 is 2.00 bits per heavy atom. The van der Waals surface area contributed by atoms with Crippen molar-refractivity contribution in [3.63, 3.8) is 0 Å². The highest BCUT2D eigenvalue weighted by Gasteiger charge is 2.22. The molecule has 4 nitrogen and oxygen atoms in total. The Labute approximate surface area is 134 Å². The van der Waals surface area contributed by atoms with Gasteiger partial charge in [-0.15, -0.1) is 0 Å². The van der Waals surface area contributed by atoms with Crippen molar-refractivity contribution in [3.8, 4) is 0 Å². The smallest absolute Gasteiger partial charge is 0.255 e. The molecule has 0 radical (unpaired) electrons. The lowest BCUT2D eigenvalue weighted by molar-refractivity contribution is 0.0585. The lowest BCUT2D eigenvalue weighted by Gasteiger charge is -2.19. The fourth-order valence-electron chi connectivity index (χ4n) is 2.59. The molecule has 3 rings (SSSR count). The molecule has 1 fully saturated rings. The Morgan fingerprint density at radius 1 is 1.18 bits per heavy atom. The number of benzene rings is 1. The van der Waals surface area contributed by atoms with E-state index in [1.54, 1.807) is 12.1 Å². The average molecular weight is 317 g/mol. The number of nitrogens with zero attached hydrogens (tertiary/aromatic N) is 2. The molecule has 1 aliphatic heterocycles. The van der Waals surface area contributed by atoms with E-state index in [-0.39, 0.29) is 12.0 Å². The van der Waals surface area contributed by atoms with Crippen LogP contribution in [0.15, 0.2) is 48.7 Å². The first kappa shape index (κ1) is 15.0. The van der Waals surface area contributed by atoms with E-state index in [0.717, 1.165) is 12.0 Å². The maximum absolute atomic E-state index is 12.5. The largest absolute Gasteiger partial charge is 0.372 e. The summed E-state index contributed by atoms with van der Waals surface area (Å²) in [6.45, 7) is 1.79. The molecule has 22 heavy (non-hydrogen) atoms. The van der Waals surface area contributed by atoms with Crippen molar-refractivity contribution in [1.82, 2.24) is 9.88 Å². The molecule has 0 spiro atoms. The summed E-state index contributed by atoms with van der Waals surface area (Å²) >= 11 is 5.76. The normalized spacial score (nSPS) is 18.8. The van der Waals surface area contributed by atoms with Crippen LogP contribution in [0.4, 0.5) is 0 Å². The van der Waals surface area contributed by atoms with Crippen molar-refractivity contribution < 1.29 is 9.53 Å². The van der Waals surface area contributed by atoms with E-state index in [1.165, 1.54) is 6.20 Å². The van der Waals surface area contributed by atoms with Crippen LogP contribution in [-0.4, -0.2) is 35.5 Å². The summed E-state index contributed by atoms with van der Waals surface area (Å²) in [7, 11) is 0. The second-order valence-corrected chi connectivity index (χ2v) is 5.61. The Kier molecular flexibility index (Phi) is 4.71. The van der Waals surface area contributed by atoms with Crippen molar-refractivity contribution in [3.05, 3.63) is 64.9 Å². The fourth-order valence-corrected chi connectivity index (χ4v) is 2.70. The Bertz CT molecular complexity index is 631. The molecule has 1 unspecified atom stereocenters. The van der Waals surface area contributed by atoms with Gasteiger partial charge in [-0.3, -0.25) is 4.79 Å². The van der Waals surface area contributed by atoms with Gasteiger partial charge in [0.2, 0.25) is 0 Å². The van der Waals surface area contributed by atoms with E-state index < -0.39 is 0 Å². The molecule has 0 aliphatic carbocycles. The van der Waals surface area contributed by atoms with Gasteiger partial charge in [-0.2, -0.15) is 0 Å². The molecule has 0 bridgehead atoms. The first-order chi connectivity index (χ1) is 10.7. The second-order valence-electron chi connectivity index (χ2n) is 5.22. The quantitative estimate of drug-likeness (QED) is 0.798. The minimum atomic E-state index is -0.0264. The lowest BCUT2D eigenvalue weighted by atomic mass is 10.1. The number of hydrogen-bond acceptors (Lipinski definition) is 3. The molecule has 1 aromatic heterocycles. The van der Waals surface area contributed by atoms with Crippen LogP contribution in [0.25, 0.3) is 0 Å². The van der Waals surface area contributed by atoms with E-state index in [4.69, 9.17) is 16.3 Å². The van der Waals surface area contributed by atoms with Gasteiger partial charge < -0.3 is 9.64 Å². The number of amides is 1. The highest BCUT2D eigenvalue weighted by molar-refractivity contribution is 6.29. The monoisotopic (exact) mass is 316 g/mol. The highest BCUT2D eigenvalue weighted by atomic mass is 35.5. The number of halogens is 1. The first-order valence-corrected chi connectivity index (χ1v) is 7.69. The molecule has 1 aliphatic rings. The summed E-state index contributed by atoms with van der Waals surface area (Å²) in [5.41, 5.74) is 1.72. The van der Waals surface area contributed by atoms with E-state index in [0.29, 0.717) is 30.4 Å². The van der Waals surface area contributed by atoms with Gasteiger partial charge in [-0.05, 0) is 24.1 Å². The molecule has 1 aromatic carbocycles. The molecule has 2 heterocycles. The van der Waals surface area contributed by atoms with Crippen LogP contribution in [0.5, 0.6) is 0 Å². The maximum atomic E-state index is 12.5. The van der Waals surface area contributed by atoms with Crippen LogP contribution >= 0.6 is 11.6 Å². The molecule has 114 valence electrons. The zero-order valence-electron chi connectivity index (χ0n) is 12.1. The number of aromatic nitrogens is 1. The van der Waals surface area contributed by atoms with Crippen molar-refractivity contribution >= 4 is 17.5 Å². The van der Waals surface area contributed by atoms with Crippen LogP contribution in [-0.2, 0) is 4.74 Å². The molecular formula is C17H17ClN2O2. The third kappa shape index (κ3) is 3.46. The highest BCUT2D eigenvalue weighted by Crippen LogP contribution is 2.24. The van der Waals surface area contributed by atoms with Gasteiger partial charge in [0.05, 0.1) is 18.3 Å². The summed E-state index contributed by atoms with van der Waals surface area (Å²) in [5.74, 6) is -0.0264. The van der Waals surface area contributed by atoms with Gasteiger partial charge in [0, 0.05) is 19.3 Å². The van der Waals surface area contributed by atoms with Crippen LogP contribution in [0.2, 0.25) is 5.15 Å². The summed E-state index contributed by atoms with van der Waals surface area (Å²) in [5, 5.41) is 0.389. The maximum Gasteiger partial charge on any atom is 0.255 e. The van der Waals surface area contributed by atoms with Gasteiger partial charge in [-0.25, -0.2) is 4.98 Å². The fraction of sp³-hybridized carbons (Fsp3) is 0.294. The van der Waals surface area contributed by atoms with Crippen LogP contribution in [0, 0.1) is 0 Å². The van der Waals surface area contributed by atoms with Gasteiger partial charge in [0.1, 0.15) is 5.15 Å². The van der Waals surface area contributed by atoms with Crippen molar-refractivity contribution in [2.75, 3.05) is 19.7 Å². The number of pyridine rings is 1. The number of rotatable bonds is 2. The van der Waals surface area contributed by atoms with Crippen molar-refractivity contribution in [2.45, 2.75) is 12.5 Å². The van der Waals surface area contributed by atoms with Crippen LogP contribution in [0.3, 0.4) is 0 Å². The standard InChI is InChI=1S/C17H17ClN2O2/c18-16-7-6-14(12-19-16)17(21)20-9-8-15(22-11-10-20)13-4-2-1-3-5-13/h1-7,12,15H,8-11H2. The number of hydrogen-bond donors (Lipinski definition) is 0. The minimum Gasteiger partial charge on any atom is -0.372 e. The van der Waals surface area contributed by atoms with Crippen LogP contribution in [0.1, 0.15) is 28.4 Å². The summed E-state index contributed by atoms with van der Waals surface area (Å²) in [6, 6.07) is 13.5.